The molecule has 1 fully saturated rings. The van der Waals surface area contributed by atoms with Gasteiger partial charge < -0.3 is 10.2 Å². The maximum absolute atomic E-state index is 13.8. The zero-order chi connectivity index (χ0) is 25.9. The summed E-state index contributed by atoms with van der Waals surface area (Å²) in [6, 6.07) is 17.5. The third kappa shape index (κ3) is 5.28. The number of hydrogen-bond acceptors (Lipinski definition) is 4. The predicted octanol–water partition coefficient (Wildman–Crippen LogP) is 5.18. The Hall–Kier alpha value is -4.33. The fraction of sp³-hybridized carbons (Fsp3) is 0.241. The number of hydrogen-bond donors (Lipinski definition) is 1. The molecule has 0 bridgehead atoms. The third-order valence-corrected chi connectivity index (χ3v) is 6.66. The van der Waals surface area contributed by atoms with Crippen LogP contribution in [-0.4, -0.2) is 44.6 Å². The number of anilines is 1. The number of likely N-dealkylation sites (tertiary alicyclic amines) is 1. The average molecular weight is 498 g/mol. The van der Waals surface area contributed by atoms with Gasteiger partial charge in [0.25, 0.3) is 5.91 Å². The molecule has 4 aromatic rings. The van der Waals surface area contributed by atoms with Crippen LogP contribution in [0.4, 0.5) is 10.2 Å². The molecule has 8 heteroatoms. The highest BCUT2D eigenvalue weighted by atomic mass is 19.1. The quantitative estimate of drug-likeness (QED) is 0.412. The van der Waals surface area contributed by atoms with E-state index in [1.165, 1.54) is 12.1 Å². The highest BCUT2D eigenvalue weighted by molar-refractivity contribution is 6.00. The van der Waals surface area contributed by atoms with E-state index in [1.807, 2.05) is 50.2 Å². The summed E-state index contributed by atoms with van der Waals surface area (Å²) in [7, 11) is 0. The van der Waals surface area contributed by atoms with Gasteiger partial charge in [-0.2, -0.15) is 5.10 Å². The molecule has 2 aromatic carbocycles. The molecule has 0 aliphatic carbocycles. The molecular weight excluding hydrogens is 469 g/mol. The maximum atomic E-state index is 13.8. The molecular formula is C29H28FN5O2. The Labute approximate surface area is 215 Å². The first-order valence-corrected chi connectivity index (χ1v) is 12.3. The molecule has 2 amide bonds. The maximum Gasteiger partial charge on any atom is 0.257 e. The molecule has 1 aliphatic heterocycles. The molecule has 7 nitrogen and oxygen atoms in total. The second-order valence-electron chi connectivity index (χ2n) is 9.43. The van der Waals surface area contributed by atoms with E-state index in [0.717, 1.165) is 23.1 Å². The first-order chi connectivity index (χ1) is 17.9. The average Bonchev–Trinajstić information content (AvgIpc) is 3.35. The molecule has 2 aromatic heterocycles. The molecule has 37 heavy (non-hydrogen) atoms. The molecule has 1 saturated heterocycles. The van der Waals surface area contributed by atoms with Gasteiger partial charge in [-0.3, -0.25) is 9.59 Å². The predicted molar refractivity (Wildman–Crippen MR) is 140 cm³/mol. The number of aromatic nitrogens is 3. The van der Waals surface area contributed by atoms with Crippen LogP contribution in [0.1, 0.15) is 34.3 Å². The van der Waals surface area contributed by atoms with Crippen LogP contribution in [0.15, 0.2) is 73.1 Å². The van der Waals surface area contributed by atoms with E-state index in [2.05, 4.69) is 10.3 Å². The third-order valence-electron chi connectivity index (χ3n) is 6.66. The molecule has 0 spiro atoms. The second kappa shape index (κ2) is 10.3. The minimum absolute atomic E-state index is 0.139. The Morgan fingerprint density at radius 1 is 1.05 bits per heavy atom. The Kier molecular flexibility index (Phi) is 6.81. The summed E-state index contributed by atoms with van der Waals surface area (Å²) in [5.41, 5.74) is 4.39. The minimum Gasteiger partial charge on any atom is -0.338 e. The topological polar surface area (TPSA) is 80.1 Å². The largest absolute Gasteiger partial charge is 0.338 e. The van der Waals surface area contributed by atoms with Crippen molar-refractivity contribution in [1.82, 2.24) is 19.7 Å². The summed E-state index contributed by atoms with van der Waals surface area (Å²) in [6.45, 7) is 4.75. The van der Waals surface area contributed by atoms with Gasteiger partial charge in [-0.05, 0) is 68.7 Å². The monoisotopic (exact) mass is 497 g/mol. The van der Waals surface area contributed by atoms with Crippen molar-refractivity contribution in [2.45, 2.75) is 26.7 Å². The standard InChI is InChI=1S/C29H28FN5O2/c1-19-6-3-8-21(16-19)26-25(18-35(33-26)24-12-10-23(30)11-13-24)29(37)34-15-5-9-22(17-34)28(36)32-27-20(2)7-4-14-31-27/h3-4,6-8,10-14,16,18,22H,5,9,15,17H2,1-2H3,(H,31,32,36). The van der Waals surface area contributed by atoms with Crippen LogP contribution in [0.3, 0.4) is 0 Å². The summed E-state index contributed by atoms with van der Waals surface area (Å²) in [6.07, 6.45) is 4.75. The van der Waals surface area contributed by atoms with Gasteiger partial charge in [0.1, 0.15) is 17.3 Å². The lowest BCUT2D eigenvalue weighted by molar-refractivity contribution is -0.121. The van der Waals surface area contributed by atoms with Crippen molar-refractivity contribution in [3.05, 3.63) is 95.6 Å². The van der Waals surface area contributed by atoms with Crippen LogP contribution >= 0.6 is 0 Å². The number of carbonyl (C=O) groups excluding carboxylic acids is 2. The summed E-state index contributed by atoms with van der Waals surface area (Å²) >= 11 is 0. The van der Waals surface area contributed by atoms with Crippen molar-refractivity contribution in [2.75, 3.05) is 18.4 Å². The fourth-order valence-corrected chi connectivity index (χ4v) is 4.64. The summed E-state index contributed by atoms with van der Waals surface area (Å²) in [4.78, 5) is 32.8. The number of rotatable bonds is 5. The van der Waals surface area contributed by atoms with Crippen LogP contribution < -0.4 is 5.32 Å². The molecule has 3 heterocycles. The Morgan fingerprint density at radius 3 is 2.62 bits per heavy atom. The van der Waals surface area contributed by atoms with Gasteiger partial charge in [-0.15, -0.1) is 0 Å². The summed E-state index contributed by atoms with van der Waals surface area (Å²) in [5.74, 6) is -0.465. The first-order valence-electron chi connectivity index (χ1n) is 12.3. The van der Waals surface area contributed by atoms with Gasteiger partial charge >= 0.3 is 0 Å². The molecule has 1 unspecified atom stereocenters. The number of nitrogens with one attached hydrogen (secondary N) is 1. The number of benzene rings is 2. The molecule has 1 N–H and O–H groups in total. The number of pyridine rings is 1. The molecule has 188 valence electrons. The van der Waals surface area contributed by atoms with E-state index in [9.17, 15) is 14.0 Å². The highest BCUT2D eigenvalue weighted by Crippen LogP contribution is 2.28. The van der Waals surface area contributed by atoms with Crippen molar-refractivity contribution >= 4 is 17.6 Å². The lowest BCUT2D eigenvalue weighted by Crippen LogP contribution is -2.44. The van der Waals surface area contributed by atoms with Gasteiger partial charge in [0, 0.05) is 31.0 Å². The number of halogens is 1. The van der Waals surface area contributed by atoms with E-state index in [0.29, 0.717) is 42.3 Å². The van der Waals surface area contributed by atoms with Gasteiger partial charge in [-0.25, -0.2) is 14.1 Å². The number of aryl methyl sites for hydroxylation is 2. The highest BCUT2D eigenvalue weighted by Gasteiger charge is 2.31. The van der Waals surface area contributed by atoms with E-state index >= 15 is 0 Å². The van der Waals surface area contributed by atoms with Crippen LogP contribution in [0, 0.1) is 25.6 Å². The van der Waals surface area contributed by atoms with Crippen LogP contribution in [0.5, 0.6) is 0 Å². The normalized spacial score (nSPS) is 15.4. The second-order valence-corrected chi connectivity index (χ2v) is 9.43. The van der Waals surface area contributed by atoms with Crippen molar-refractivity contribution in [3.8, 4) is 16.9 Å². The Bertz CT molecular complexity index is 1450. The van der Waals surface area contributed by atoms with Crippen molar-refractivity contribution in [3.63, 3.8) is 0 Å². The van der Waals surface area contributed by atoms with Crippen LogP contribution in [0.25, 0.3) is 16.9 Å². The first kappa shape index (κ1) is 24.4. The summed E-state index contributed by atoms with van der Waals surface area (Å²) in [5, 5.41) is 7.63. The van der Waals surface area contributed by atoms with E-state index < -0.39 is 0 Å². The van der Waals surface area contributed by atoms with Gasteiger partial charge in [0.15, 0.2) is 0 Å². The number of nitrogens with zero attached hydrogens (tertiary/aromatic N) is 4. The molecule has 0 saturated carbocycles. The van der Waals surface area contributed by atoms with E-state index in [4.69, 9.17) is 5.10 Å². The Balaban J connectivity index is 1.43. The number of amides is 2. The summed E-state index contributed by atoms with van der Waals surface area (Å²) < 4.78 is 15.1. The zero-order valence-electron chi connectivity index (χ0n) is 20.8. The molecule has 5 rings (SSSR count). The van der Waals surface area contributed by atoms with Crippen LogP contribution in [-0.2, 0) is 4.79 Å². The lowest BCUT2D eigenvalue weighted by atomic mass is 9.96. The number of piperidine rings is 1. The molecule has 0 radical (unpaired) electrons. The van der Waals surface area contributed by atoms with Crippen molar-refractivity contribution < 1.29 is 14.0 Å². The van der Waals surface area contributed by atoms with E-state index in [-0.39, 0.29) is 23.5 Å². The number of carbonyl (C=O) groups is 2. The van der Waals surface area contributed by atoms with Gasteiger partial charge in [0.05, 0.1) is 17.2 Å². The van der Waals surface area contributed by atoms with Crippen molar-refractivity contribution in [1.29, 1.82) is 0 Å². The molecule has 1 aliphatic rings. The smallest absolute Gasteiger partial charge is 0.257 e. The lowest BCUT2D eigenvalue weighted by Gasteiger charge is -2.32. The Morgan fingerprint density at radius 2 is 1.86 bits per heavy atom. The van der Waals surface area contributed by atoms with Crippen molar-refractivity contribution in [2.24, 2.45) is 5.92 Å². The van der Waals surface area contributed by atoms with E-state index in [1.54, 1.807) is 34.1 Å². The minimum atomic E-state index is -0.343. The van der Waals surface area contributed by atoms with Gasteiger partial charge in [0.2, 0.25) is 5.91 Å². The SMILES string of the molecule is Cc1cccc(-c2nn(-c3ccc(F)cc3)cc2C(=O)N2CCCC(C(=O)Nc3ncccc3C)C2)c1. The van der Waals surface area contributed by atoms with Crippen LogP contribution in [0.2, 0.25) is 0 Å². The fourth-order valence-electron chi connectivity index (χ4n) is 4.64. The van der Waals surface area contributed by atoms with Gasteiger partial charge in [-0.1, -0.05) is 29.8 Å². The molecule has 1 atom stereocenters. The zero-order valence-corrected chi connectivity index (χ0v) is 20.8.